The summed E-state index contributed by atoms with van der Waals surface area (Å²) in [4.78, 5) is 20.8. The van der Waals surface area contributed by atoms with Crippen LogP contribution in [0.5, 0.6) is 5.75 Å². The lowest BCUT2D eigenvalue weighted by molar-refractivity contribution is -0.384. The number of nitrogens with one attached hydrogen (secondary N) is 1. The molecule has 0 unspecified atom stereocenters. The molecule has 6 nitrogen and oxygen atoms in total. The van der Waals surface area contributed by atoms with E-state index < -0.39 is 10.5 Å². The molecule has 1 aliphatic heterocycles. The first kappa shape index (κ1) is 12.1. The Bertz CT molecular complexity index is 549. The molecule has 0 aliphatic carbocycles. The molecule has 0 saturated heterocycles. The zero-order valence-corrected chi connectivity index (χ0v) is 9.97. The lowest BCUT2D eigenvalue weighted by Gasteiger charge is -2.27. The Morgan fingerprint density at radius 2 is 2.17 bits per heavy atom. The predicted molar refractivity (Wildman–Crippen MR) is 66.5 cm³/mol. The maximum absolute atomic E-state index is 10.9. The fourth-order valence-corrected chi connectivity index (χ4v) is 1.74. The Morgan fingerprint density at radius 3 is 2.78 bits per heavy atom. The Morgan fingerprint density at radius 1 is 1.44 bits per heavy atom. The molecule has 0 radical (unpaired) electrons. The SMILES string of the molecule is CC1(C)C=Cc2cc(NC=O)c([N+](=O)[O-])cc2O1. The monoisotopic (exact) mass is 248 g/mol. The Balaban J connectivity index is 2.54. The van der Waals surface area contributed by atoms with Crippen LogP contribution in [0.25, 0.3) is 6.08 Å². The van der Waals surface area contributed by atoms with Crippen LogP contribution in [0, 0.1) is 10.1 Å². The van der Waals surface area contributed by atoms with Crippen molar-refractivity contribution in [2.75, 3.05) is 5.32 Å². The standard InChI is InChI=1S/C12H12N2O4/c1-12(2)4-3-8-5-9(13-7-15)10(14(16)17)6-11(8)18-12/h3-7H,1-2H3,(H,13,15). The molecule has 0 spiro atoms. The third-order valence-electron chi connectivity index (χ3n) is 2.58. The number of carbonyl (C=O) groups is 1. The van der Waals surface area contributed by atoms with Crippen LogP contribution in [-0.4, -0.2) is 16.9 Å². The highest BCUT2D eigenvalue weighted by atomic mass is 16.6. The summed E-state index contributed by atoms with van der Waals surface area (Å²) in [5.41, 5.74) is 0.165. The van der Waals surface area contributed by atoms with E-state index >= 15 is 0 Å². The van der Waals surface area contributed by atoms with Crippen molar-refractivity contribution >= 4 is 23.9 Å². The minimum Gasteiger partial charge on any atom is -0.483 e. The quantitative estimate of drug-likeness (QED) is 0.505. The number of hydrogen-bond acceptors (Lipinski definition) is 4. The third kappa shape index (κ3) is 2.17. The van der Waals surface area contributed by atoms with Crippen molar-refractivity contribution in [2.24, 2.45) is 0 Å². The summed E-state index contributed by atoms with van der Waals surface area (Å²) >= 11 is 0. The maximum atomic E-state index is 10.9. The van der Waals surface area contributed by atoms with Gasteiger partial charge in [0, 0.05) is 5.56 Å². The number of rotatable bonds is 3. The second-order valence-corrected chi connectivity index (χ2v) is 4.47. The van der Waals surface area contributed by atoms with Crippen LogP contribution in [0.15, 0.2) is 18.2 Å². The van der Waals surface area contributed by atoms with Gasteiger partial charge in [-0.1, -0.05) is 6.08 Å². The molecule has 0 fully saturated rings. The van der Waals surface area contributed by atoms with E-state index in [9.17, 15) is 14.9 Å². The highest BCUT2D eigenvalue weighted by Gasteiger charge is 2.25. The Labute approximate surface area is 103 Å². The van der Waals surface area contributed by atoms with Crippen LogP contribution in [-0.2, 0) is 4.79 Å². The summed E-state index contributed by atoms with van der Waals surface area (Å²) in [7, 11) is 0. The molecular formula is C12H12N2O4. The molecule has 1 N–H and O–H groups in total. The number of anilines is 1. The van der Waals surface area contributed by atoms with E-state index in [1.165, 1.54) is 12.1 Å². The van der Waals surface area contributed by atoms with Crippen molar-refractivity contribution in [3.63, 3.8) is 0 Å². The van der Waals surface area contributed by atoms with Crippen molar-refractivity contribution in [1.82, 2.24) is 0 Å². The van der Waals surface area contributed by atoms with Gasteiger partial charge in [-0.3, -0.25) is 14.9 Å². The van der Waals surface area contributed by atoms with Gasteiger partial charge in [-0.05, 0) is 26.0 Å². The first-order chi connectivity index (χ1) is 8.43. The van der Waals surface area contributed by atoms with Gasteiger partial charge in [0.05, 0.1) is 11.0 Å². The average Bonchev–Trinajstić information content (AvgIpc) is 2.28. The molecule has 1 aromatic rings. The van der Waals surface area contributed by atoms with Crippen molar-refractivity contribution < 1.29 is 14.5 Å². The minimum absolute atomic E-state index is 0.154. The van der Waals surface area contributed by atoms with Crippen molar-refractivity contribution in [3.05, 3.63) is 33.9 Å². The van der Waals surface area contributed by atoms with Gasteiger partial charge in [0.1, 0.15) is 17.0 Å². The van der Waals surface area contributed by atoms with Gasteiger partial charge in [0.2, 0.25) is 6.41 Å². The first-order valence-corrected chi connectivity index (χ1v) is 5.34. The Hall–Kier alpha value is -2.37. The number of hydrogen-bond donors (Lipinski definition) is 1. The zero-order valence-electron chi connectivity index (χ0n) is 9.97. The molecule has 0 aromatic heterocycles. The van der Waals surface area contributed by atoms with Crippen LogP contribution >= 0.6 is 0 Å². The summed E-state index contributed by atoms with van der Waals surface area (Å²) < 4.78 is 5.64. The van der Waals surface area contributed by atoms with Crippen molar-refractivity contribution in [2.45, 2.75) is 19.4 Å². The molecule has 94 valence electrons. The van der Waals surface area contributed by atoms with Crippen LogP contribution in [0.2, 0.25) is 0 Å². The van der Waals surface area contributed by atoms with Crippen molar-refractivity contribution in [1.29, 1.82) is 0 Å². The van der Waals surface area contributed by atoms with Crippen LogP contribution in [0.4, 0.5) is 11.4 Å². The van der Waals surface area contributed by atoms with Crippen LogP contribution in [0.1, 0.15) is 19.4 Å². The van der Waals surface area contributed by atoms with Crippen LogP contribution in [0.3, 0.4) is 0 Å². The zero-order chi connectivity index (χ0) is 13.3. The maximum Gasteiger partial charge on any atom is 0.296 e. The molecule has 0 saturated carbocycles. The van der Waals surface area contributed by atoms with E-state index in [-0.39, 0.29) is 11.4 Å². The highest BCUT2D eigenvalue weighted by Crippen LogP contribution is 2.38. The van der Waals surface area contributed by atoms with Gasteiger partial charge in [0.25, 0.3) is 5.69 Å². The second kappa shape index (κ2) is 4.14. The second-order valence-electron chi connectivity index (χ2n) is 4.47. The van der Waals surface area contributed by atoms with Gasteiger partial charge < -0.3 is 10.1 Å². The molecule has 18 heavy (non-hydrogen) atoms. The summed E-state index contributed by atoms with van der Waals surface area (Å²) in [6.07, 6.45) is 4.08. The number of nitro groups is 1. The van der Waals surface area contributed by atoms with E-state index in [1.807, 2.05) is 26.0 Å². The van der Waals surface area contributed by atoms with Gasteiger partial charge in [-0.15, -0.1) is 0 Å². The molecule has 1 aromatic carbocycles. The van der Waals surface area contributed by atoms with Crippen LogP contribution < -0.4 is 10.1 Å². The number of fused-ring (bicyclic) bond motifs is 1. The molecule has 0 atom stereocenters. The lowest BCUT2D eigenvalue weighted by atomic mass is 10.0. The molecule has 2 rings (SSSR count). The molecule has 1 amide bonds. The van der Waals surface area contributed by atoms with E-state index in [1.54, 1.807) is 0 Å². The normalized spacial score (nSPS) is 15.4. The molecule has 1 heterocycles. The number of nitrogens with zero attached hydrogens (tertiary/aromatic N) is 1. The summed E-state index contributed by atoms with van der Waals surface area (Å²) in [6.45, 7) is 3.71. The highest BCUT2D eigenvalue weighted by molar-refractivity contribution is 5.81. The summed E-state index contributed by atoms with van der Waals surface area (Å²) in [5, 5.41) is 13.2. The fourth-order valence-electron chi connectivity index (χ4n) is 1.74. The van der Waals surface area contributed by atoms with Gasteiger partial charge >= 0.3 is 0 Å². The first-order valence-electron chi connectivity index (χ1n) is 5.34. The van der Waals surface area contributed by atoms with E-state index in [2.05, 4.69) is 5.32 Å². The third-order valence-corrected chi connectivity index (χ3v) is 2.58. The molecule has 0 bridgehead atoms. The fraction of sp³-hybridized carbons (Fsp3) is 0.250. The molecule has 1 aliphatic rings. The molecule has 6 heteroatoms. The largest absolute Gasteiger partial charge is 0.483 e. The van der Waals surface area contributed by atoms with E-state index in [0.29, 0.717) is 17.7 Å². The average molecular weight is 248 g/mol. The van der Waals surface area contributed by atoms with Gasteiger partial charge in [-0.25, -0.2) is 0 Å². The number of nitro benzene ring substituents is 1. The lowest BCUT2D eigenvalue weighted by Crippen LogP contribution is -2.27. The van der Waals surface area contributed by atoms with Gasteiger partial charge in [0.15, 0.2) is 0 Å². The van der Waals surface area contributed by atoms with E-state index in [4.69, 9.17) is 4.74 Å². The number of amides is 1. The number of ether oxygens (including phenoxy) is 1. The molecular weight excluding hydrogens is 236 g/mol. The minimum atomic E-state index is -0.555. The van der Waals surface area contributed by atoms with Crippen molar-refractivity contribution in [3.8, 4) is 5.75 Å². The topological polar surface area (TPSA) is 81.5 Å². The number of benzene rings is 1. The predicted octanol–water partition coefficient (Wildman–Crippen LogP) is 2.35. The van der Waals surface area contributed by atoms with Gasteiger partial charge in [-0.2, -0.15) is 0 Å². The smallest absolute Gasteiger partial charge is 0.296 e. The number of carbonyl (C=O) groups excluding carboxylic acids is 1. The Kier molecular flexibility index (Phi) is 2.78. The summed E-state index contributed by atoms with van der Waals surface area (Å²) in [6, 6.07) is 2.85. The van der Waals surface area contributed by atoms with E-state index in [0.717, 1.165) is 0 Å². The summed E-state index contributed by atoms with van der Waals surface area (Å²) in [5.74, 6) is 0.436.